The summed E-state index contributed by atoms with van der Waals surface area (Å²) in [6.07, 6.45) is 7.68. The van der Waals surface area contributed by atoms with Gasteiger partial charge in [0.05, 0.1) is 10.7 Å². The van der Waals surface area contributed by atoms with Crippen LogP contribution in [-0.2, 0) is 11.2 Å². The number of carbonyl (C=O) groups excluding carboxylic acids is 1. The number of terminal acetylenes is 1. The fourth-order valence-corrected chi connectivity index (χ4v) is 2.88. The molecule has 0 aliphatic rings. The molecule has 8 heteroatoms. The molecule has 0 atom stereocenters. The number of amides is 1. The van der Waals surface area contributed by atoms with Crippen molar-refractivity contribution in [3.63, 3.8) is 0 Å². The summed E-state index contributed by atoms with van der Waals surface area (Å²) in [5.74, 6) is 3.16. The third-order valence-corrected chi connectivity index (χ3v) is 4.53. The summed E-state index contributed by atoms with van der Waals surface area (Å²) in [6.45, 7) is 0.0979. The van der Waals surface area contributed by atoms with Gasteiger partial charge < -0.3 is 20.5 Å². The Balaban J connectivity index is 1.60. The first kappa shape index (κ1) is 21.1. The van der Waals surface area contributed by atoms with Gasteiger partial charge in [0.15, 0.2) is 6.61 Å². The van der Waals surface area contributed by atoms with Gasteiger partial charge in [-0.15, -0.1) is 6.42 Å². The van der Waals surface area contributed by atoms with Gasteiger partial charge in [-0.2, -0.15) is 4.98 Å². The van der Waals surface area contributed by atoms with E-state index in [0.29, 0.717) is 40.5 Å². The third kappa shape index (κ3) is 6.22. The van der Waals surface area contributed by atoms with Crippen LogP contribution in [0.5, 0.6) is 11.6 Å². The molecule has 0 saturated heterocycles. The first-order valence-electron chi connectivity index (χ1n) is 9.07. The van der Waals surface area contributed by atoms with Gasteiger partial charge in [-0.05, 0) is 58.2 Å². The summed E-state index contributed by atoms with van der Waals surface area (Å²) < 4.78 is 5.96. The first-order chi connectivity index (χ1) is 14.5. The quantitative estimate of drug-likeness (QED) is 0.429. The average molecular weight is 467 g/mol. The molecule has 0 aliphatic carbocycles. The molecule has 0 saturated carbocycles. The number of halogens is 1. The summed E-state index contributed by atoms with van der Waals surface area (Å²) in [5.41, 5.74) is 2.33. The van der Waals surface area contributed by atoms with Crippen LogP contribution in [0.4, 0.5) is 17.3 Å². The van der Waals surface area contributed by atoms with Gasteiger partial charge in [0.25, 0.3) is 0 Å². The van der Waals surface area contributed by atoms with E-state index in [9.17, 15) is 9.90 Å². The van der Waals surface area contributed by atoms with Gasteiger partial charge in [-0.1, -0.05) is 24.1 Å². The van der Waals surface area contributed by atoms with E-state index >= 15 is 0 Å². The number of aryl methyl sites for hydroxylation is 1. The summed E-state index contributed by atoms with van der Waals surface area (Å²) in [7, 11) is 0. The number of hydrogen-bond acceptors (Lipinski definition) is 6. The number of ether oxygens (including phenoxy) is 1. The zero-order valence-corrected chi connectivity index (χ0v) is 17.5. The van der Waals surface area contributed by atoms with Crippen molar-refractivity contribution in [2.75, 3.05) is 17.2 Å². The van der Waals surface area contributed by atoms with Crippen molar-refractivity contribution >= 4 is 39.2 Å². The Bertz CT molecular complexity index is 1060. The van der Waals surface area contributed by atoms with Gasteiger partial charge in [-0.25, -0.2) is 4.98 Å². The third-order valence-electron chi connectivity index (χ3n) is 3.98. The van der Waals surface area contributed by atoms with Crippen LogP contribution >= 0.6 is 15.9 Å². The molecule has 0 radical (unpaired) electrons. The Labute approximate surface area is 182 Å². The minimum absolute atomic E-state index is 0.0979. The summed E-state index contributed by atoms with van der Waals surface area (Å²) in [4.78, 5) is 20.7. The van der Waals surface area contributed by atoms with Gasteiger partial charge in [-0.3, -0.25) is 4.79 Å². The Kier molecular flexibility index (Phi) is 7.24. The molecular weight excluding hydrogens is 448 g/mol. The van der Waals surface area contributed by atoms with E-state index in [2.05, 4.69) is 42.5 Å². The largest absolute Gasteiger partial charge is 0.508 e. The molecule has 0 aliphatic heterocycles. The predicted octanol–water partition coefficient (Wildman–Crippen LogP) is 4.27. The van der Waals surface area contributed by atoms with Crippen molar-refractivity contribution in [1.82, 2.24) is 9.97 Å². The monoisotopic (exact) mass is 466 g/mol. The van der Waals surface area contributed by atoms with Crippen molar-refractivity contribution in [3.8, 4) is 24.0 Å². The summed E-state index contributed by atoms with van der Waals surface area (Å²) >= 11 is 3.31. The number of hydrogen-bond donors (Lipinski definition) is 3. The van der Waals surface area contributed by atoms with Gasteiger partial charge >= 0.3 is 0 Å². The zero-order valence-electron chi connectivity index (χ0n) is 15.9. The Morgan fingerprint density at radius 2 is 1.97 bits per heavy atom. The van der Waals surface area contributed by atoms with Crippen molar-refractivity contribution < 1.29 is 14.6 Å². The standard InChI is InChI=1S/C22H19BrN4O3/c1-2-12-30-21-19(23)14-24-22(27-21)26-17-5-3-4-16(13-17)25-20(29)11-8-15-6-9-18(28)10-7-15/h1,3-7,9-10,13-14,28H,8,11-12H2,(H,25,29)(H,24,26,27). The molecule has 0 fully saturated rings. The Morgan fingerprint density at radius 3 is 2.73 bits per heavy atom. The Hall–Kier alpha value is -3.57. The van der Waals surface area contributed by atoms with E-state index in [1.54, 1.807) is 42.6 Å². The fourth-order valence-electron chi connectivity index (χ4n) is 2.57. The van der Waals surface area contributed by atoms with Crippen molar-refractivity contribution in [2.24, 2.45) is 0 Å². The number of nitrogens with zero attached hydrogens (tertiary/aromatic N) is 2. The van der Waals surface area contributed by atoms with Gasteiger partial charge in [0.2, 0.25) is 17.7 Å². The second-order valence-corrected chi connectivity index (χ2v) is 7.11. The van der Waals surface area contributed by atoms with E-state index in [1.165, 1.54) is 0 Å². The normalized spacial score (nSPS) is 10.1. The lowest BCUT2D eigenvalue weighted by Gasteiger charge is -2.10. The molecule has 1 aromatic heterocycles. The van der Waals surface area contributed by atoms with Crippen LogP contribution in [0.15, 0.2) is 59.2 Å². The van der Waals surface area contributed by atoms with E-state index < -0.39 is 0 Å². The number of carbonyl (C=O) groups is 1. The number of phenols is 1. The highest BCUT2D eigenvalue weighted by Crippen LogP contribution is 2.25. The molecule has 30 heavy (non-hydrogen) atoms. The first-order valence-corrected chi connectivity index (χ1v) is 9.86. The number of aromatic nitrogens is 2. The molecule has 0 bridgehead atoms. The molecule has 3 N–H and O–H groups in total. The molecule has 3 aromatic rings. The van der Waals surface area contributed by atoms with Crippen LogP contribution in [0.25, 0.3) is 0 Å². The van der Waals surface area contributed by atoms with Crippen LogP contribution in [0.3, 0.4) is 0 Å². The topological polar surface area (TPSA) is 96.4 Å². The van der Waals surface area contributed by atoms with E-state index in [4.69, 9.17) is 11.2 Å². The van der Waals surface area contributed by atoms with Gasteiger partial charge in [0, 0.05) is 17.8 Å². The molecule has 7 nitrogen and oxygen atoms in total. The number of nitrogens with one attached hydrogen (secondary N) is 2. The van der Waals surface area contributed by atoms with Crippen molar-refractivity contribution in [2.45, 2.75) is 12.8 Å². The van der Waals surface area contributed by atoms with Crippen LogP contribution < -0.4 is 15.4 Å². The number of anilines is 3. The van der Waals surface area contributed by atoms with E-state index in [0.717, 1.165) is 5.56 Å². The number of aromatic hydroxyl groups is 1. The number of phenolic OH excluding ortho intramolecular Hbond substituents is 1. The molecule has 1 heterocycles. The zero-order chi connectivity index (χ0) is 21.3. The van der Waals surface area contributed by atoms with Gasteiger partial charge in [0.1, 0.15) is 5.75 Å². The highest BCUT2D eigenvalue weighted by atomic mass is 79.9. The molecule has 152 valence electrons. The molecule has 0 spiro atoms. The predicted molar refractivity (Wildman–Crippen MR) is 119 cm³/mol. The fraction of sp³-hybridized carbons (Fsp3) is 0.136. The molecule has 0 unspecified atom stereocenters. The lowest BCUT2D eigenvalue weighted by molar-refractivity contribution is -0.116. The van der Waals surface area contributed by atoms with Crippen LogP contribution in [0.2, 0.25) is 0 Å². The second-order valence-electron chi connectivity index (χ2n) is 6.26. The van der Waals surface area contributed by atoms with Crippen molar-refractivity contribution in [3.05, 3.63) is 64.8 Å². The summed E-state index contributed by atoms with van der Waals surface area (Å²) in [5, 5.41) is 15.3. The maximum atomic E-state index is 12.3. The molecule has 2 aromatic carbocycles. The molecule has 1 amide bonds. The SMILES string of the molecule is C#CCOc1nc(Nc2cccc(NC(=O)CCc3ccc(O)cc3)c2)ncc1Br. The highest BCUT2D eigenvalue weighted by molar-refractivity contribution is 9.10. The molecular formula is C22H19BrN4O3. The lowest BCUT2D eigenvalue weighted by Crippen LogP contribution is -2.12. The Morgan fingerprint density at radius 1 is 1.20 bits per heavy atom. The second kappa shape index (κ2) is 10.3. The highest BCUT2D eigenvalue weighted by Gasteiger charge is 2.08. The average Bonchev–Trinajstić information content (AvgIpc) is 2.74. The minimum Gasteiger partial charge on any atom is -0.508 e. The number of benzene rings is 2. The maximum Gasteiger partial charge on any atom is 0.233 e. The van der Waals surface area contributed by atoms with Crippen molar-refractivity contribution in [1.29, 1.82) is 0 Å². The van der Waals surface area contributed by atoms with E-state index in [1.807, 2.05) is 12.1 Å². The minimum atomic E-state index is -0.106. The van der Waals surface area contributed by atoms with Crippen LogP contribution in [-0.4, -0.2) is 27.6 Å². The van der Waals surface area contributed by atoms with Crippen LogP contribution in [0.1, 0.15) is 12.0 Å². The molecule has 3 rings (SSSR count). The summed E-state index contributed by atoms with van der Waals surface area (Å²) in [6, 6.07) is 14.0. The smallest absolute Gasteiger partial charge is 0.233 e. The lowest BCUT2D eigenvalue weighted by atomic mass is 10.1. The van der Waals surface area contributed by atoms with E-state index in [-0.39, 0.29) is 18.3 Å². The number of rotatable bonds is 8. The van der Waals surface area contributed by atoms with Crippen LogP contribution in [0, 0.1) is 12.3 Å². The maximum absolute atomic E-state index is 12.3.